The van der Waals surface area contributed by atoms with E-state index in [0.717, 1.165) is 25.2 Å². The fraction of sp³-hybridized carbons (Fsp3) is 0.462. The van der Waals surface area contributed by atoms with Gasteiger partial charge in [-0.3, -0.25) is 4.79 Å². The maximum atomic E-state index is 11.8. The lowest BCUT2D eigenvalue weighted by Crippen LogP contribution is -2.25. The van der Waals surface area contributed by atoms with Gasteiger partial charge in [0.05, 0.1) is 0 Å². The Bertz CT molecular complexity index is 296. The normalized spacial score (nSPS) is 9.94. The Labute approximate surface area is 108 Å². The minimum absolute atomic E-state index is 0. The summed E-state index contributed by atoms with van der Waals surface area (Å²) in [6.07, 6.45) is 0.617. The minimum Gasteiger partial charge on any atom is -0.303 e. The fourth-order valence-electron chi connectivity index (χ4n) is 1.57. The number of rotatable bonds is 6. The van der Waals surface area contributed by atoms with Crippen LogP contribution >= 0.6 is 17.0 Å². The molecule has 0 N–H and O–H groups in total. The van der Waals surface area contributed by atoms with Crippen LogP contribution in [0.3, 0.4) is 0 Å². The van der Waals surface area contributed by atoms with Gasteiger partial charge in [0.1, 0.15) is 0 Å². The molecule has 2 nitrogen and oxygen atoms in total. The summed E-state index contributed by atoms with van der Waals surface area (Å²) in [5.74, 6) is 0.238. The van der Waals surface area contributed by atoms with Crippen LogP contribution in [0.25, 0.3) is 0 Å². The molecule has 0 aliphatic carbocycles. The third-order valence-electron chi connectivity index (χ3n) is 2.65. The zero-order chi connectivity index (χ0) is 11.1. The first-order valence-electron chi connectivity index (χ1n) is 5.58. The molecule has 0 bridgehead atoms. The predicted molar refractivity (Wildman–Crippen MR) is 73.5 cm³/mol. The Morgan fingerprint density at radius 2 is 1.69 bits per heavy atom. The van der Waals surface area contributed by atoms with Crippen LogP contribution in [0.2, 0.25) is 0 Å². The molecule has 0 unspecified atom stereocenters. The first kappa shape index (κ1) is 15.3. The highest BCUT2D eigenvalue weighted by atomic mass is 79.9. The molecular weight excluding hydrogens is 266 g/mol. The summed E-state index contributed by atoms with van der Waals surface area (Å²) in [5, 5.41) is 0. The minimum atomic E-state index is 0. The van der Waals surface area contributed by atoms with Gasteiger partial charge in [0.25, 0.3) is 0 Å². The van der Waals surface area contributed by atoms with Crippen LogP contribution in [-0.2, 0) is 0 Å². The number of benzene rings is 1. The summed E-state index contributed by atoms with van der Waals surface area (Å²) in [6, 6.07) is 9.51. The van der Waals surface area contributed by atoms with Gasteiger partial charge in [0.2, 0.25) is 0 Å². The van der Waals surface area contributed by atoms with Crippen molar-refractivity contribution < 1.29 is 4.79 Å². The number of ketones is 1. The number of nitrogens with zero attached hydrogens (tertiary/aromatic N) is 1. The van der Waals surface area contributed by atoms with Gasteiger partial charge in [-0.05, 0) is 13.1 Å². The molecule has 0 aliphatic rings. The molecule has 0 aromatic heterocycles. The molecule has 16 heavy (non-hydrogen) atoms. The molecule has 0 aliphatic heterocycles. The van der Waals surface area contributed by atoms with Gasteiger partial charge in [-0.15, -0.1) is 17.0 Å². The molecule has 0 fully saturated rings. The second-order valence-electron chi connectivity index (χ2n) is 3.57. The van der Waals surface area contributed by atoms with Crippen molar-refractivity contribution >= 4 is 22.8 Å². The fourth-order valence-corrected chi connectivity index (χ4v) is 1.57. The molecular formula is C13H20BrNO. The molecule has 1 aromatic carbocycles. The Morgan fingerprint density at radius 1 is 1.12 bits per heavy atom. The maximum Gasteiger partial charge on any atom is 0.164 e. The van der Waals surface area contributed by atoms with Crippen molar-refractivity contribution in [3.63, 3.8) is 0 Å². The van der Waals surface area contributed by atoms with E-state index in [-0.39, 0.29) is 22.8 Å². The lowest BCUT2D eigenvalue weighted by molar-refractivity contribution is 0.0966. The van der Waals surface area contributed by atoms with Crippen molar-refractivity contribution in [2.45, 2.75) is 20.3 Å². The summed E-state index contributed by atoms with van der Waals surface area (Å²) in [7, 11) is 0. The van der Waals surface area contributed by atoms with Crippen molar-refractivity contribution in [1.82, 2.24) is 4.90 Å². The Kier molecular flexibility index (Phi) is 8.12. The Morgan fingerprint density at radius 3 is 2.19 bits per heavy atom. The van der Waals surface area contributed by atoms with E-state index in [2.05, 4.69) is 18.7 Å². The van der Waals surface area contributed by atoms with E-state index >= 15 is 0 Å². The molecule has 0 heterocycles. The van der Waals surface area contributed by atoms with Gasteiger partial charge in [-0.1, -0.05) is 44.2 Å². The average molecular weight is 286 g/mol. The summed E-state index contributed by atoms with van der Waals surface area (Å²) in [5.41, 5.74) is 0.824. The smallest absolute Gasteiger partial charge is 0.164 e. The topological polar surface area (TPSA) is 20.3 Å². The molecule has 0 amide bonds. The highest BCUT2D eigenvalue weighted by molar-refractivity contribution is 8.93. The van der Waals surface area contributed by atoms with Crippen LogP contribution in [0.4, 0.5) is 0 Å². The zero-order valence-electron chi connectivity index (χ0n) is 9.98. The summed E-state index contributed by atoms with van der Waals surface area (Å²) in [4.78, 5) is 14.0. The van der Waals surface area contributed by atoms with Crippen LogP contribution in [-0.4, -0.2) is 30.3 Å². The standard InChI is InChI=1S/C13H19NO.BrH/c1-3-14(4-2)11-10-13(15)12-8-6-5-7-9-12;/h5-9H,3-4,10-11H2,1-2H3;1H. The lowest BCUT2D eigenvalue weighted by Gasteiger charge is -2.16. The Hall–Kier alpha value is -0.670. The zero-order valence-corrected chi connectivity index (χ0v) is 11.7. The molecule has 1 aromatic rings. The van der Waals surface area contributed by atoms with E-state index in [1.54, 1.807) is 0 Å². The second kappa shape index (κ2) is 8.48. The van der Waals surface area contributed by atoms with Crippen LogP contribution < -0.4 is 0 Å². The lowest BCUT2D eigenvalue weighted by atomic mass is 10.1. The number of Topliss-reactive ketones (excluding diaryl/α,β-unsaturated/α-hetero) is 1. The monoisotopic (exact) mass is 285 g/mol. The maximum absolute atomic E-state index is 11.8. The van der Waals surface area contributed by atoms with Crippen LogP contribution in [0.15, 0.2) is 30.3 Å². The Balaban J connectivity index is 0.00000225. The van der Waals surface area contributed by atoms with Gasteiger partial charge >= 0.3 is 0 Å². The summed E-state index contributed by atoms with van der Waals surface area (Å²) >= 11 is 0. The molecule has 0 radical (unpaired) electrons. The van der Waals surface area contributed by atoms with Gasteiger partial charge < -0.3 is 4.90 Å². The van der Waals surface area contributed by atoms with Crippen molar-refractivity contribution in [1.29, 1.82) is 0 Å². The van der Waals surface area contributed by atoms with E-state index < -0.39 is 0 Å². The first-order valence-corrected chi connectivity index (χ1v) is 5.58. The summed E-state index contributed by atoms with van der Waals surface area (Å²) in [6.45, 7) is 7.13. The molecule has 1 rings (SSSR count). The summed E-state index contributed by atoms with van der Waals surface area (Å²) < 4.78 is 0. The first-order chi connectivity index (χ1) is 7.27. The number of carbonyl (C=O) groups excluding carboxylic acids is 1. The number of hydrogen-bond acceptors (Lipinski definition) is 2. The van der Waals surface area contributed by atoms with Crippen molar-refractivity contribution in [3.05, 3.63) is 35.9 Å². The van der Waals surface area contributed by atoms with Crippen molar-refractivity contribution in [3.8, 4) is 0 Å². The molecule has 0 atom stereocenters. The highest BCUT2D eigenvalue weighted by Gasteiger charge is 2.06. The largest absolute Gasteiger partial charge is 0.303 e. The van der Waals surface area contributed by atoms with Crippen LogP contribution in [0.5, 0.6) is 0 Å². The molecule has 0 saturated carbocycles. The molecule has 3 heteroatoms. The predicted octanol–water partition coefficient (Wildman–Crippen LogP) is 3.18. The highest BCUT2D eigenvalue weighted by Crippen LogP contribution is 2.03. The molecule has 90 valence electrons. The van der Waals surface area contributed by atoms with Gasteiger partial charge in [-0.2, -0.15) is 0 Å². The van der Waals surface area contributed by atoms with Crippen LogP contribution in [0, 0.1) is 0 Å². The number of hydrogen-bond donors (Lipinski definition) is 0. The number of halogens is 1. The molecule has 0 spiro atoms. The number of carbonyl (C=O) groups is 1. The third kappa shape index (κ3) is 4.90. The third-order valence-corrected chi connectivity index (χ3v) is 2.65. The van der Waals surface area contributed by atoms with E-state index in [1.165, 1.54) is 0 Å². The van der Waals surface area contributed by atoms with E-state index in [1.807, 2.05) is 30.3 Å². The van der Waals surface area contributed by atoms with Crippen LogP contribution in [0.1, 0.15) is 30.6 Å². The van der Waals surface area contributed by atoms with E-state index in [0.29, 0.717) is 6.42 Å². The second-order valence-corrected chi connectivity index (χ2v) is 3.57. The van der Waals surface area contributed by atoms with E-state index in [9.17, 15) is 4.79 Å². The SMILES string of the molecule is Br.CCN(CC)CCC(=O)c1ccccc1. The van der Waals surface area contributed by atoms with Gasteiger partial charge in [-0.25, -0.2) is 0 Å². The van der Waals surface area contributed by atoms with Crippen molar-refractivity contribution in [2.75, 3.05) is 19.6 Å². The average Bonchev–Trinajstić information content (AvgIpc) is 2.31. The van der Waals surface area contributed by atoms with Gasteiger partial charge in [0.15, 0.2) is 5.78 Å². The van der Waals surface area contributed by atoms with E-state index in [4.69, 9.17) is 0 Å². The van der Waals surface area contributed by atoms with Gasteiger partial charge in [0, 0.05) is 18.5 Å². The molecule has 0 saturated heterocycles. The quantitative estimate of drug-likeness (QED) is 0.749. The van der Waals surface area contributed by atoms with Crippen molar-refractivity contribution in [2.24, 2.45) is 0 Å².